The minimum Gasteiger partial charge on any atom is -0.542 e. The van der Waals surface area contributed by atoms with Gasteiger partial charge in [0, 0.05) is 0 Å². The van der Waals surface area contributed by atoms with Crippen molar-refractivity contribution in [2.75, 3.05) is 0 Å². The summed E-state index contributed by atoms with van der Waals surface area (Å²) < 4.78 is 5.87. The lowest BCUT2D eigenvalue weighted by Crippen LogP contribution is -2.17. The Morgan fingerprint density at radius 1 is 1.07 bits per heavy atom. The maximum atomic E-state index is 5.87. The van der Waals surface area contributed by atoms with Crippen LogP contribution in [0.15, 0.2) is 24.3 Å². The zero-order valence-corrected chi connectivity index (χ0v) is 10.7. The summed E-state index contributed by atoms with van der Waals surface area (Å²) in [6.45, 7) is 11.0. The van der Waals surface area contributed by atoms with Crippen LogP contribution in [0.5, 0.6) is 5.75 Å². The molecule has 1 aromatic rings. The maximum Gasteiger partial charge on any atom is 0.274 e. The molecule has 1 aromatic carbocycles. The van der Waals surface area contributed by atoms with Crippen LogP contribution in [0.2, 0.25) is 13.1 Å². The third kappa shape index (κ3) is 2.88. The van der Waals surface area contributed by atoms with E-state index in [1.165, 1.54) is 5.56 Å². The van der Waals surface area contributed by atoms with Crippen molar-refractivity contribution >= 4 is 9.04 Å². The second-order valence-electron chi connectivity index (χ2n) is 4.76. The van der Waals surface area contributed by atoms with Crippen LogP contribution in [0.1, 0.15) is 26.3 Å². The predicted octanol–water partition coefficient (Wildman–Crippen LogP) is 3.61. The predicted molar refractivity (Wildman–Crippen MR) is 63.3 cm³/mol. The molecule has 0 aliphatic rings. The fourth-order valence-electron chi connectivity index (χ4n) is 1.40. The zero-order valence-electron chi connectivity index (χ0n) is 9.72. The van der Waals surface area contributed by atoms with Gasteiger partial charge in [-0.1, -0.05) is 39.0 Å². The van der Waals surface area contributed by atoms with E-state index in [9.17, 15) is 0 Å². The second kappa shape index (κ2) is 4.18. The molecular formula is C12H19OSi. The normalized spacial score (nSPS) is 11.9. The molecule has 77 valence electrons. The van der Waals surface area contributed by atoms with E-state index in [0.29, 0.717) is 0 Å². The van der Waals surface area contributed by atoms with Crippen LogP contribution in [0.25, 0.3) is 0 Å². The molecule has 0 spiro atoms. The number of para-hydroxylation sites is 1. The third-order valence-electron chi connectivity index (χ3n) is 2.01. The smallest absolute Gasteiger partial charge is 0.274 e. The summed E-state index contributed by atoms with van der Waals surface area (Å²) in [6.07, 6.45) is 0. The van der Waals surface area contributed by atoms with Crippen LogP contribution >= 0.6 is 0 Å². The summed E-state index contributed by atoms with van der Waals surface area (Å²) in [5, 5.41) is 0. The molecule has 0 aliphatic carbocycles. The molecule has 1 nitrogen and oxygen atoms in total. The average molecular weight is 207 g/mol. The molecule has 0 N–H and O–H groups in total. The molecule has 0 saturated heterocycles. The lowest BCUT2D eigenvalue weighted by atomic mass is 9.86. The van der Waals surface area contributed by atoms with E-state index in [-0.39, 0.29) is 5.41 Å². The summed E-state index contributed by atoms with van der Waals surface area (Å²) >= 11 is 0. The number of hydrogen-bond acceptors (Lipinski definition) is 1. The molecule has 0 atom stereocenters. The summed E-state index contributed by atoms with van der Waals surface area (Å²) in [5.41, 5.74) is 1.46. The fourth-order valence-corrected chi connectivity index (χ4v) is 2.01. The second-order valence-corrected chi connectivity index (χ2v) is 6.78. The Kier molecular flexibility index (Phi) is 3.37. The van der Waals surface area contributed by atoms with Crippen LogP contribution in [-0.2, 0) is 5.41 Å². The highest BCUT2D eigenvalue weighted by Gasteiger charge is 2.18. The van der Waals surface area contributed by atoms with Crippen molar-refractivity contribution < 1.29 is 4.43 Å². The monoisotopic (exact) mass is 207 g/mol. The molecular weight excluding hydrogens is 188 g/mol. The van der Waals surface area contributed by atoms with Gasteiger partial charge in [-0.3, -0.25) is 0 Å². The van der Waals surface area contributed by atoms with Crippen molar-refractivity contribution in [3.8, 4) is 5.75 Å². The van der Waals surface area contributed by atoms with E-state index in [1.807, 2.05) is 6.07 Å². The lowest BCUT2D eigenvalue weighted by Gasteiger charge is -2.23. The van der Waals surface area contributed by atoms with Crippen molar-refractivity contribution in [3.63, 3.8) is 0 Å². The van der Waals surface area contributed by atoms with Gasteiger partial charge in [-0.05, 0) is 30.1 Å². The SMILES string of the molecule is C[Si](C)Oc1ccccc1C(C)(C)C. The van der Waals surface area contributed by atoms with E-state index < -0.39 is 9.04 Å². The number of rotatable bonds is 2. The van der Waals surface area contributed by atoms with Gasteiger partial charge in [0.15, 0.2) is 0 Å². The first-order chi connectivity index (χ1) is 6.41. The van der Waals surface area contributed by atoms with Gasteiger partial charge in [-0.15, -0.1) is 0 Å². The first-order valence-corrected chi connectivity index (χ1v) is 7.39. The Morgan fingerprint density at radius 2 is 1.64 bits per heavy atom. The van der Waals surface area contributed by atoms with Crippen molar-refractivity contribution in [1.82, 2.24) is 0 Å². The van der Waals surface area contributed by atoms with Gasteiger partial charge >= 0.3 is 0 Å². The fraction of sp³-hybridized carbons (Fsp3) is 0.500. The number of benzene rings is 1. The number of hydrogen-bond donors (Lipinski definition) is 0. The van der Waals surface area contributed by atoms with E-state index in [1.54, 1.807) is 0 Å². The molecule has 14 heavy (non-hydrogen) atoms. The highest BCUT2D eigenvalue weighted by molar-refractivity contribution is 6.49. The van der Waals surface area contributed by atoms with Crippen molar-refractivity contribution in [2.45, 2.75) is 39.3 Å². The Hall–Kier alpha value is -0.763. The average Bonchev–Trinajstić information content (AvgIpc) is 2.01. The standard InChI is InChI=1S/C12H19OSi/c1-12(2,3)10-8-6-7-9-11(10)13-14(4)5/h6-9H,1-5H3. The van der Waals surface area contributed by atoms with Crippen LogP contribution in [0.3, 0.4) is 0 Å². The summed E-state index contributed by atoms with van der Waals surface area (Å²) in [6, 6.07) is 8.33. The van der Waals surface area contributed by atoms with Crippen molar-refractivity contribution in [1.29, 1.82) is 0 Å². The third-order valence-corrected chi connectivity index (χ3v) is 2.64. The minimum absolute atomic E-state index is 0.161. The van der Waals surface area contributed by atoms with E-state index in [4.69, 9.17) is 4.43 Å². The zero-order chi connectivity index (χ0) is 10.8. The van der Waals surface area contributed by atoms with Gasteiger partial charge in [0.1, 0.15) is 5.75 Å². The van der Waals surface area contributed by atoms with Gasteiger partial charge in [-0.2, -0.15) is 0 Å². The Labute approximate surface area is 88.8 Å². The van der Waals surface area contributed by atoms with Gasteiger partial charge < -0.3 is 4.43 Å². The van der Waals surface area contributed by atoms with Crippen LogP contribution < -0.4 is 4.43 Å². The topological polar surface area (TPSA) is 9.23 Å². The molecule has 0 aliphatic heterocycles. The van der Waals surface area contributed by atoms with Crippen molar-refractivity contribution in [3.05, 3.63) is 29.8 Å². The van der Waals surface area contributed by atoms with Gasteiger partial charge in [0.05, 0.1) is 0 Å². The van der Waals surface area contributed by atoms with E-state index >= 15 is 0 Å². The summed E-state index contributed by atoms with van der Waals surface area (Å²) in [5.74, 6) is 1.05. The van der Waals surface area contributed by atoms with Crippen LogP contribution in [0.4, 0.5) is 0 Å². The molecule has 0 saturated carbocycles. The quantitative estimate of drug-likeness (QED) is 0.673. The molecule has 0 heterocycles. The molecule has 2 heteroatoms. The van der Waals surface area contributed by atoms with E-state index in [0.717, 1.165) is 5.75 Å². The molecule has 0 fully saturated rings. The first-order valence-electron chi connectivity index (χ1n) is 4.99. The largest absolute Gasteiger partial charge is 0.542 e. The first kappa shape index (κ1) is 11.3. The highest BCUT2D eigenvalue weighted by Crippen LogP contribution is 2.31. The lowest BCUT2D eigenvalue weighted by molar-refractivity contribution is 0.520. The molecule has 0 aromatic heterocycles. The van der Waals surface area contributed by atoms with Gasteiger partial charge in [0.25, 0.3) is 9.04 Å². The maximum absolute atomic E-state index is 5.87. The molecule has 0 bridgehead atoms. The summed E-state index contributed by atoms with van der Waals surface area (Å²) in [4.78, 5) is 0. The molecule has 0 amide bonds. The van der Waals surface area contributed by atoms with Crippen LogP contribution in [-0.4, -0.2) is 9.04 Å². The van der Waals surface area contributed by atoms with Gasteiger partial charge in [0.2, 0.25) is 0 Å². The highest BCUT2D eigenvalue weighted by atomic mass is 28.3. The Bertz CT molecular complexity index is 299. The molecule has 1 radical (unpaired) electrons. The van der Waals surface area contributed by atoms with Crippen LogP contribution in [0, 0.1) is 0 Å². The van der Waals surface area contributed by atoms with Crippen molar-refractivity contribution in [2.24, 2.45) is 0 Å². The summed E-state index contributed by atoms with van der Waals surface area (Å²) in [7, 11) is -0.669. The molecule has 0 unspecified atom stereocenters. The Morgan fingerprint density at radius 3 is 2.14 bits per heavy atom. The molecule has 1 rings (SSSR count). The Balaban J connectivity index is 3.04. The minimum atomic E-state index is -0.669. The van der Waals surface area contributed by atoms with Gasteiger partial charge in [-0.25, -0.2) is 0 Å². The van der Waals surface area contributed by atoms with E-state index in [2.05, 4.69) is 52.1 Å².